The molecule has 0 bridgehead atoms. The summed E-state index contributed by atoms with van der Waals surface area (Å²) in [5.74, 6) is -1.55. The van der Waals surface area contributed by atoms with Crippen molar-refractivity contribution in [3.05, 3.63) is 65.2 Å². The van der Waals surface area contributed by atoms with Gasteiger partial charge in [0.25, 0.3) is 0 Å². The lowest BCUT2D eigenvalue weighted by Gasteiger charge is -2.37. The fraction of sp³-hybridized carbons (Fsp3) is 0.381. The lowest BCUT2D eigenvalue weighted by atomic mass is 10.1. The topological polar surface area (TPSA) is 35.6 Å². The molecule has 4 nitrogen and oxygen atoms in total. The average molecular weight is 373 g/mol. The van der Waals surface area contributed by atoms with Crippen molar-refractivity contribution < 1.29 is 13.6 Å². The van der Waals surface area contributed by atoms with Gasteiger partial charge in [0.15, 0.2) is 0 Å². The highest BCUT2D eigenvalue weighted by Crippen LogP contribution is 2.17. The second kappa shape index (κ2) is 8.59. The Morgan fingerprint density at radius 2 is 1.85 bits per heavy atom. The van der Waals surface area contributed by atoms with Gasteiger partial charge >= 0.3 is 0 Å². The van der Waals surface area contributed by atoms with Crippen molar-refractivity contribution in [1.82, 2.24) is 9.80 Å². The van der Waals surface area contributed by atoms with Gasteiger partial charge in [-0.05, 0) is 31.5 Å². The third-order valence-corrected chi connectivity index (χ3v) is 5.01. The van der Waals surface area contributed by atoms with E-state index < -0.39 is 17.7 Å². The van der Waals surface area contributed by atoms with Crippen molar-refractivity contribution in [1.29, 1.82) is 0 Å². The summed E-state index contributed by atoms with van der Waals surface area (Å²) in [6, 6.07) is 11.1. The molecule has 0 saturated carbocycles. The number of nitrogens with zero attached hydrogens (tertiary/aromatic N) is 2. The molecule has 1 unspecified atom stereocenters. The van der Waals surface area contributed by atoms with Crippen molar-refractivity contribution in [2.75, 3.05) is 31.5 Å². The van der Waals surface area contributed by atoms with Crippen LogP contribution in [0.25, 0.3) is 0 Å². The van der Waals surface area contributed by atoms with E-state index in [9.17, 15) is 13.6 Å². The number of benzene rings is 2. The lowest BCUT2D eigenvalue weighted by Crippen LogP contribution is -2.52. The van der Waals surface area contributed by atoms with E-state index >= 15 is 0 Å². The molecular formula is C21H25F2N3O. The van der Waals surface area contributed by atoms with Crippen LogP contribution in [0.5, 0.6) is 0 Å². The molecule has 1 saturated heterocycles. The van der Waals surface area contributed by atoms with Crippen molar-refractivity contribution in [2.24, 2.45) is 0 Å². The van der Waals surface area contributed by atoms with E-state index in [2.05, 4.69) is 46.3 Å². The van der Waals surface area contributed by atoms with Crippen LogP contribution >= 0.6 is 0 Å². The molecule has 27 heavy (non-hydrogen) atoms. The number of rotatable bonds is 5. The predicted molar refractivity (Wildman–Crippen MR) is 102 cm³/mol. The van der Waals surface area contributed by atoms with Gasteiger partial charge in [0.1, 0.15) is 11.6 Å². The second-order valence-corrected chi connectivity index (χ2v) is 7.09. The van der Waals surface area contributed by atoms with Crippen LogP contribution in [0.2, 0.25) is 0 Å². The molecule has 1 aliphatic heterocycles. The Bertz CT molecular complexity index is 804. The number of piperazine rings is 1. The van der Waals surface area contributed by atoms with E-state index in [4.69, 9.17) is 0 Å². The zero-order valence-electron chi connectivity index (χ0n) is 15.7. The molecule has 1 N–H and O–H groups in total. The van der Waals surface area contributed by atoms with E-state index in [1.807, 2.05) is 0 Å². The van der Waals surface area contributed by atoms with Crippen LogP contribution in [-0.2, 0) is 11.3 Å². The molecule has 6 heteroatoms. The predicted octanol–water partition coefficient (Wildman–Crippen LogP) is 3.42. The summed E-state index contributed by atoms with van der Waals surface area (Å²) in [5, 5.41) is 2.50. The third-order valence-electron chi connectivity index (χ3n) is 5.01. The zero-order chi connectivity index (χ0) is 19.4. The molecule has 2 aromatic rings. The number of aryl methyl sites for hydroxylation is 1. The number of anilines is 1. The van der Waals surface area contributed by atoms with E-state index in [1.165, 1.54) is 11.1 Å². The molecule has 0 aliphatic carbocycles. The number of hydrogen-bond acceptors (Lipinski definition) is 3. The number of amides is 1. The quantitative estimate of drug-likeness (QED) is 0.872. The Morgan fingerprint density at radius 1 is 1.11 bits per heavy atom. The molecule has 1 amide bonds. The summed E-state index contributed by atoms with van der Waals surface area (Å²) in [4.78, 5) is 16.9. The van der Waals surface area contributed by atoms with E-state index in [0.717, 1.165) is 50.9 Å². The summed E-state index contributed by atoms with van der Waals surface area (Å²) in [6.45, 7) is 8.01. The first-order chi connectivity index (χ1) is 12.9. The van der Waals surface area contributed by atoms with Gasteiger partial charge in [0, 0.05) is 38.8 Å². The maximum absolute atomic E-state index is 13.7. The SMILES string of the molecule is Cc1cccc(CN2CCN(C(C)C(=O)Nc3cc(F)ccc3F)CC2)c1. The van der Waals surface area contributed by atoms with Crippen molar-refractivity contribution in [3.8, 4) is 0 Å². The monoisotopic (exact) mass is 373 g/mol. The summed E-state index contributed by atoms with van der Waals surface area (Å²) in [6.07, 6.45) is 0. The Hall–Kier alpha value is -2.31. The van der Waals surface area contributed by atoms with Crippen LogP contribution in [0, 0.1) is 18.6 Å². The number of halogens is 2. The summed E-state index contributed by atoms with van der Waals surface area (Å²) >= 11 is 0. The van der Waals surface area contributed by atoms with Gasteiger partial charge in [-0.3, -0.25) is 14.6 Å². The first-order valence-corrected chi connectivity index (χ1v) is 9.20. The smallest absolute Gasteiger partial charge is 0.241 e. The van der Waals surface area contributed by atoms with Crippen LogP contribution in [-0.4, -0.2) is 47.9 Å². The van der Waals surface area contributed by atoms with Crippen LogP contribution in [0.1, 0.15) is 18.1 Å². The highest BCUT2D eigenvalue weighted by atomic mass is 19.1. The normalized spacial score (nSPS) is 16.9. The van der Waals surface area contributed by atoms with Crippen LogP contribution in [0.4, 0.5) is 14.5 Å². The molecule has 3 rings (SSSR count). The van der Waals surface area contributed by atoms with E-state index in [1.54, 1.807) is 6.92 Å². The molecule has 1 heterocycles. The fourth-order valence-electron chi connectivity index (χ4n) is 3.37. The van der Waals surface area contributed by atoms with Gasteiger partial charge in [-0.15, -0.1) is 0 Å². The molecular weight excluding hydrogens is 348 g/mol. The van der Waals surface area contributed by atoms with Crippen molar-refractivity contribution >= 4 is 11.6 Å². The first-order valence-electron chi connectivity index (χ1n) is 9.20. The van der Waals surface area contributed by atoms with E-state index in [0.29, 0.717) is 0 Å². The minimum absolute atomic E-state index is 0.120. The van der Waals surface area contributed by atoms with Gasteiger partial charge in [0.2, 0.25) is 5.91 Å². The standard InChI is InChI=1S/C21H25F2N3O/c1-15-4-3-5-17(12-15)14-25-8-10-26(11-9-25)16(2)21(27)24-20-13-18(22)6-7-19(20)23/h3-7,12-13,16H,8-11,14H2,1-2H3,(H,24,27). The Balaban J connectivity index is 1.52. The van der Waals surface area contributed by atoms with Crippen LogP contribution in [0.3, 0.4) is 0 Å². The highest BCUT2D eigenvalue weighted by molar-refractivity contribution is 5.94. The van der Waals surface area contributed by atoms with Gasteiger partial charge in [-0.2, -0.15) is 0 Å². The Morgan fingerprint density at radius 3 is 2.56 bits per heavy atom. The largest absolute Gasteiger partial charge is 0.322 e. The maximum atomic E-state index is 13.7. The zero-order valence-corrected chi connectivity index (χ0v) is 15.7. The fourth-order valence-corrected chi connectivity index (χ4v) is 3.37. The van der Waals surface area contributed by atoms with Crippen molar-refractivity contribution in [3.63, 3.8) is 0 Å². The Kier molecular flexibility index (Phi) is 6.19. The number of carbonyl (C=O) groups is 1. The molecule has 2 aromatic carbocycles. The lowest BCUT2D eigenvalue weighted by molar-refractivity contribution is -0.121. The summed E-state index contributed by atoms with van der Waals surface area (Å²) in [5.41, 5.74) is 2.42. The van der Waals surface area contributed by atoms with Crippen LogP contribution < -0.4 is 5.32 Å². The minimum Gasteiger partial charge on any atom is -0.322 e. The molecule has 1 atom stereocenters. The van der Waals surface area contributed by atoms with Gasteiger partial charge < -0.3 is 5.32 Å². The Labute approximate surface area is 158 Å². The summed E-state index contributed by atoms with van der Waals surface area (Å²) < 4.78 is 27.0. The number of carbonyl (C=O) groups excluding carboxylic acids is 1. The van der Waals surface area contributed by atoms with Crippen LogP contribution in [0.15, 0.2) is 42.5 Å². The molecule has 0 aromatic heterocycles. The second-order valence-electron chi connectivity index (χ2n) is 7.09. The highest BCUT2D eigenvalue weighted by Gasteiger charge is 2.26. The van der Waals surface area contributed by atoms with Crippen molar-refractivity contribution in [2.45, 2.75) is 26.4 Å². The molecule has 144 valence electrons. The third kappa shape index (κ3) is 5.11. The average Bonchev–Trinajstić information content (AvgIpc) is 2.65. The summed E-state index contributed by atoms with van der Waals surface area (Å²) in [7, 11) is 0. The molecule has 0 spiro atoms. The number of hydrogen-bond donors (Lipinski definition) is 1. The van der Waals surface area contributed by atoms with Gasteiger partial charge in [0.05, 0.1) is 11.7 Å². The van der Waals surface area contributed by atoms with Gasteiger partial charge in [-0.25, -0.2) is 8.78 Å². The molecule has 1 aliphatic rings. The molecule has 1 fully saturated rings. The first kappa shape index (κ1) is 19.5. The van der Waals surface area contributed by atoms with E-state index in [-0.39, 0.29) is 11.6 Å². The number of nitrogens with one attached hydrogen (secondary N) is 1. The van der Waals surface area contributed by atoms with Gasteiger partial charge in [-0.1, -0.05) is 29.8 Å². The maximum Gasteiger partial charge on any atom is 0.241 e. The molecule has 0 radical (unpaired) electrons. The minimum atomic E-state index is -0.639.